The Morgan fingerprint density at radius 3 is 2.16 bits per heavy atom. The lowest BCUT2D eigenvalue weighted by molar-refractivity contribution is -0.139. The predicted octanol–water partition coefficient (Wildman–Crippen LogP) is 5.55. The molecule has 202 valence electrons. The highest BCUT2D eigenvalue weighted by Gasteiger charge is 2.32. The van der Waals surface area contributed by atoms with Gasteiger partial charge in [-0.2, -0.15) is 0 Å². The zero-order valence-corrected chi connectivity index (χ0v) is 24.7. The molecule has 0 heterocycles. The van der Waals surface area contributed by atoms with E-state index in [1.54, 1.807) is 31.2 Å². The molecule has 38 heavy (non-hydrogen) atoms. The Labute approximate surface area is 238 Å². The molecule has 1 unspecified atom stereocenters. The Hall–Kier alpha value is -2.88. The summed E-state index contributed by atoms with van der Waals surface area (Å²) in [5.41, 5.74) is 2.09. The second kappa shape index (κ2) is 13.3. The molecular formula is C28H31BrClN3O4S. The van der Waals surface area contributed by atoms with Crippen molar-refractivity contribution in [2.75, 3.05) is 17.4 Å². The lowest BCUT2D eigenvalue weighted by Gasteiger charge is -2.32. The Bertz CT molecular complexity index is 1350. The minimum atomic E-state index is -4.13. The average molecular weight is 621 g/mol. The number of halogens is 2. The number of sulfonamides is 1. The van der Waals surface area contributed by atoms with Crippen molar-refractivity contribution in [2.24, 2.45) is 0 Å². The molecule has 0 saturated carbocycles. The standard InChI is InChI=1S/C28H31BrClN3O4S/c1-4-17-31-28(35)21(3)32(18-22-7-9-23(29)10-8-22)27(34)19-33(25-13-5-20(2)6-14-25)38(36,37)26-15-11-24(30)12-16-26/h5-16,21H,4,17-19H2,1-3H3,(H,31,35). The predicted molar refractivity (Wildman–Crippen MR) is 155 cm³/mol. The number of nitrogens with one attached hydrogen (secondary N) is 1. The largest absolute Gasteiger partial charge is 0.354 e. The fraction of sp³-hybridized carbons (Fsp3) is 0.286. The van der Waals surface area contributed by atoms with E-state index < -0.39 is 28.5 Å². The van der Waals surface area contributed by atoms with Crippen molar-refractivity contribution in [3.8, 4) is 0 Å². The number of rotatable bonds is 11. The Balaban J connectivity index is 2.00. The Morgan fingerprint density at radius 1 is 0.974 bits per heavy atom. The minimum Gasteiger partial charge on any atom is -0.354 e. The maximum absolute atomic E-state index is 13.8. The topological polar surface area (TPSA) is 86.8 Å². The van der Waals surface area contributed by atoms with Crippen molar-refractivity contribution in [2.45, 2.75) is 44.7 Å². The van der Waals surface area contributed by atoms with Crippen molar-refractivity contribution in [3.63, 3.8) is 0 Å². The lowest BCUT2D eigenvalue weighted by atomic mass is 10.1. The molecule has 0 spiro atoms. The smallest absolute Gasteiger partial charge is 0.264 e. The SMILES string of the molecule is CCCNC(=O)C(C)N(Cc1ccc(Br)cc1)C(=O)CN(c1ccc(C)cc1)S(=O)(=O)c1ccc(Cl)cc1. The number of nitrogens with zero attached hydrogens (tertiary/aromatic N) is 2. The van der Waals surface area contributed by atoms with Gasteiger partial charge in [-0.05, 0) is 74.4 Å². The first-order valence-electron chi connectivity index (χ1n) is 12.2. The fourth-order valence-electron chi connectivity index (χ4n) is 3.74. The van der Waals surface area contributed by atoms with Crippen molar-refractivity contribution in [1.29, 1.82) is 0 Å². The third-order valence-corrected chi connectivity index (χ3v) is 8.55. The molecule has 3 aromatic rings. The van der Waals surface area contributed by atoms with Crippen LogP contribution in [0.3, 0.4) is 0 Å². The van der Waals surface area contributed by atoms with Gasteiger partial charge in [0, 0.05) is 22.6 Å². The van der Waals surface area contributed by atoms with Crippen LogP contribution in [-0.2, 0) is 26.2 Å². The second-order valence-electron chi connectivity index (χ2n) is 8.92. The van der Waals surface area contributed by atoms with Crippen LogP contribution >= 0.6 is 27.5 Å². The first-order chi connectivity index (χ1) is 18.0. The molecule has 0 radical (unpaired) electrons. The van der Waals surface area contributed by atoms with E-state index in [4.69, 9.17) is 11.6 Å². The van der Waals surface area contributed by atoms with E-state index >= 15 is 0 Å². The number of carbonyl (C=O) groups excluding carboxylic acids is 2. The molecule has 0 bridgehead atoms. The van der Waals surface area contributed by atoms with Crippen LogP contribution in [-0.4, -0.2) is 44.3 Å². The van der Waals surface area contributed by atoms with E-state index in [1.165, 1.54) is 29.2 Å². The normalized spacial score (nSPS) is 12.0. The van der Waals surface area contributed by atoms with Gasteiger partial charge in [-0.1, -0.05) is 64.3 Å². The van der Waals surface area contributed by atoms with Crippen LogP contribution in [0.2, 0.25) is 5.02 Å². The van der Waals surface area contributed by atoms with E-state index in [-0.39, 0.29) is 17.3 Å². The average Bonchev–Trinajstić information content (AvgIpc) is 2.90. The van der Waals surface area contributed by atoms with E-state index in [9.17, 15) is 18.0 Å². The molecule has 0 aliphatic rings. The van der Waals surface area contributed by atoms with Gasteiger partial charge < -0.3 is 10.2 Å². The number of amides is 2. The fourth-order valence-corrected chi connectivity index (χ4v) is 5.54. The van der Waals surface area contributed by atoms with Crippen LogP contribution in [0.4, 0.5) is 5.69 Å². The maximum Gasteiger partial charge on any atom is 0.264 e. The second-order valence-corrected chi connectivity index (χ2v) is 12.1. The highest BCUT2D eigenvalue weighted by atomic mass is 79.9. The van der Waals surface area contributed by atoms with Gasteiger partial charge in [0.05, 0.1) is 10.6 Å². The van der Waals surface area contributed by atoms with Crippen LogP contribution in [0.25, 0.3) is 0 Å². The van der Waals surface area contributed by atoms with Gasteiger partial charge in [-0.25, -0.2) is 8.42 Å². The summed E-state index contributed by atoms with van der Waals surface area (Å²) in [5.74, 6) is -0.815. The third-order valence-electron chi connectivity index (χ3n) is 5.99. The molecule has 3 aromatic carbocycles. The summed E-state index contributed by atoms with van der Waals surface area (Å²) in [6.45, 7) is 5.60. The molecule has 1 N–H and O–H groups in total. The molecule has 0 aromatic heterocycles. The lowest BCUT2D eigenvalue weighted by Crippen LogP contribution is -2.51. The highest BCUT2D eigenvalue weighted by Crippen LogP contribution is 2.26. The summed E-state index contributed by atoms with van der Waals surface area (Å²) in [6, 6.07) is 19.3. The molecule has 0 saturated heterocycles. The molecular weight excluding hydrogens is 590 g/mol. The minimum absolute atomic E-state index is 0.00321. The van der Waals surface area contributed by atoms with E-state index in [1.807, 2.05) is 38.1 Å². The molecule has 0 aliphatic carbocycles. The van der Waals surface area contributed by atoms with Gasteiger partial charge in [0.25, 0.3) is 10.0 Å². The van der Waals surface area contributed by atoms with Gasteiger partial charge in [0.1, 0.15) is 12.6 Å². The van der Waals surface area contributed by atoms with E-state index in [0.717, 1.165) is 26.3 Å². The number of benzene rings is 3. The first-order valence-corrected chi connectivity index (χ1v) is 14.8. The van der Waals surface area contributed by atoms with Gasteiger partial charge in [0.15, 0.2) is 0 Å². The molecule has 7 nitrogen and oxygen atoms in total. The maximum atomic E-state index is 13.8. The number of anilines is 1. The monoisotopic (exact) mass is 619 g/mol. The van der Waals surface area contributed by atoms with E-state index in [0.29, 0.717) is 17.3 Å². The quantitative estimate of drug-likeness (QED) is 0.305. The molecule has 2 amide bonds. The van der Waals surface area contributed by atoms with Gasteiger partial charge in [-0.3, -0.25) is 13.9 Å². The van der Waals surface area contributed by atoms with Crippen molar-refractivity contribution < 1.29 is 18.0 Å². The third kappa shape index (κ3) is 7.58. The number of hydrogen-bond donors (Lipinski definition) is 1. The summed E-state index contributed by atoms with van der Waals surface area (Å²) in [6.07, 6.45) is 0.750. The van der Waals surface area contributed by atoms with Crippen molar-refractivity contribution in [1.82, 2.24) is 10.2 Å². The molecule has 10 heteroatoms. The zero-order chi connectivity index (χ0) is 27.9. The van der Waals surface area contributed by atoms with Crippen molar-refractivity contribution in [3.05, 3.63) is 93.4 Å². The molecule has 0 fully saturated rings. The Kier molecular flexibility index (Phi) is 10.4. The van der Waals surface area contributed by atoms with Crippen LogP contribution in [0.15, 0.2) is 82.2 Å². The number of hydrogen-bond acceptors (Lipinski definition) is 4. The number of aryl methyl sites for hydroxylation is 1. The Morgan fingerprint density at radius 2 is 1.58 bits per heavy atom. The summed E-state index contributed by atoms with van der Waals surface area (Å²) in [5, 5.41) is 3.23. The van der Waals surface area contributed by atoms with Gasteiger partial charge in [-0.15, -0.1) is 0 Å². The number of carbonyl (C=O) groups is 2. The van der Waals surface area contributed by atoms with Crippen LogP contribution in [0, 0.1) is 6.92 Å². The van der Waals surface area contributed by atoms with Crippen LogP contribution in [0.5, 0.6) is 0 Å². The summed E-state index contributed by atoms with van der Waals surface area (Å²) >= 11 is 9.39. The summed E-state index contributed by atoms with van der Waals surface area (Å²) in [7, 11) is -4.13. The van der Waals surface area contributed by atoms with Crippen LogP contribution < -0.4 is 9.62 Å². The highest BCUT2D eigenvalue weighted by molar-refractivity contribution is 9.10. The molecule has 1 atom stereocenters. The van der Waals surface area contributed by atoms with E-state index in [2.05, 4.69) is 21.2 Å². The summed E-state index contributed by atoms with van der Waals surface area (Å²) in [4.78, 5) is 28.1. The summed E-state index contributed by atoms with van der Waals surface area (Å²) < 4.78 is 29.5. The molecule has 3 rings (SSSR count). The van der Waals surface area contributed by atoms with Crippen molar-refractivity contribution >= 4 is 55.1 Å². The zero-order valence-electron chi connectivity index (χ0n) is 21.5. The molecule has 0 aliphatic heterocycles. The van der Waals surface area contributed by atoms with Gasteiger partial charge in [0.2, 0.25) is 11.8 Å². The first kappa shape index (κ1) is 29.7. The van der Waals surface area contributed by atoms with Gasteiger partial charge >= 0.3 is 0 Å². The van der Waals surface area contributed by atoms with Crippen LogP contribution in [0.1, 0.15) is 31.4 Å².